The summed E-state index contributed by atoms with van der Waals surface area (Å²) in [7, 11) is 1.71. The highest BCUT2D eigenvalue weighted by molar-refractivity contribution is 5.57. The van der Waals surface area contributed by atoms with Crippen molar-refractivity contribution in [2.75, 3.05) is 13.6 Å². The van der Waals surface area contributed by atoms with Gasteiger partial charge < -0.3 is 4.90 Å². The average Bonchev–Trinajstić information content (AvgIpc) is 2.10. The molecule has 1 rings (SSSR count). The van der Waals surface area contributed by atoms with Crippen molar-refractivity contribution in [3.05, 3.63) is 0 Å². The van der Waals surface area contributed by atoms with Gasteiger partial charge >= 0.3 is 6.18 Å². The third-order valence-electron chi connectivity index (χ3n) is 1.44. The molecule has 0 spiro atoms. The Hall–Kier alpha value is -0.740. The Balaban J connectivity index is 2.36. The second-order valence-corrected chi connectivity index (χ2v) is 2.68. The van der Waals surface area contributed by atoms with E-state index in [1.165, 1.54) is 6.34 Å². The lowest BCUT2D eigenvalue weighted by Crippen LogP contribution is -2.24. The van der Waals surface area contributed by atoms with Crippen LogP contribution in [0.15, 0.2) is 4.99 Å². The Kier molecular flexibility index (Phi) is 2.06. The first-order valence-electron chi connectivity index (χ1n) is 3.28. The number of hydrogen-bond acceptors (Lipinski definition) is 2. The van der Waals surface area contributed by atoms with E-state index in [9.17, 15) is 13.2 Å². The SMILES string of the molecule is CN1C=NC(CC(F)(F)F)C1. The van der Waals surface area contributed by atoms with Crippen LogP contribution in [0.25, 0.3) is 0 Å². The molecule has 0 saturated carbocycles. The number of nitrogens with zero attached hydrogens (tertiary/aromatic N) is 2. The van der Waals surface area contributed by atoms with E-state index in [1.54, 1.807) is 11.9 Å². The number of alkyl halides is 3. The van der Waals surface area contributed by atoms with E-state index < -0.39 is 18.6 Å². The van der Waals surface area contributed by atoms with Crippen LogP contribution in [0.1, 0.15) is 6.42 Å². The molecule has 1 heterocycles. The summed E-state index contributed by atoms with van der Waals surface area (Å²) in [6.07, 6.45) is -3.46. The Labute approximate surface area is 62.7 Å². The van der Waals surface area contributed by atoms with E-state index >= 15 is 0 Å². The smallest absolute Gasteiger partial charge is 0.364 e. The molecule has 11 heavy (non-hydrogen) atoms. The molecule has 0 bridgehead atoms. The summed E-state index contributed by atoms with van der Waals surface area (Å²) in [5.41, 5.74) is 0. The van der Waals surface area contributed by atoms with E-state index in [1.807, 2.05) is 0 Å². The van der Waals surface area contributed by atoms with Gasteiger partial charge in [-0.1, -0.05) is 0 Å². The molecule has 0 saturated heterocycles. The zero-order valence-corrected chi connectivity index (χ0v) is 6.10. The molecule has 64 valence electrons. The van der Waals surface area contributed by atoms with Crippen LogP contribution in [0.3, 0.4) is 0 Å². The van der Waals surface area contributed by atoms with Crippen LogP contribution < -0.4 is 0 Å². The molecule has 0 aliphatic carbocycles. The molecule has 0 radical (unpaired) electrons. The van der Waals surface area contributed by atoms with Gasteiger partial charge in [-0.3, -0.25) is 4.99 Å². The van der Waals surface area contributed by atoms with E-state index in [2.05, 4.69) is 4.99 Å². The Bertz CT molecular complexity index is 164. The molecule has 1 atom stereocenters. The summed E-state index contributed by atoms with van der Waals surface area (Å²) in [5.74, 6) is 0. The van der Waals surface area contributed by atoms with Crippen LogP contribution >= 0.6 is 0 Å². The Morgan fingerprint density at radius 1 is 1.64 bits per heavy atom. The fourth-order valence-corrected chi connectivity index (χ4v) is 1.02. The first kappa shape index (κ1) is 8.36. The van der Waals surface area contributed by atoms with Gasteiger partial charge in [0.1, 0.15) is 0 Å². The zero-order valence-electron chi connectivity index (χ0n) is 6.10. The number of aliphatic imine (C=N–C) groups is 1. The third kappa shape index (κ3) is 2.78. The normalized spacial score (nSPS) is 24.7. The minimum Gasteiger partial charge on any atom is -0.364 e. The predicted octanol–water partition coefficient (Wildman–Crippen LogP) is 1.28. The van der Waals surface area contributed by atoms with Gasteiger partial charge in [0.25, 0.3) is 0 Å². The fourth-order valence-electron chi connectivity index (χ4n) is 1.02. The van der Waals surface area contributed by atoms with Crippen molar-refractivity contribution in [2.24, 2.45) is 4.99 Å². The van der Waals surface area contributed by atoms with Gasteiger partial charge in [0.2, 0.25) is 0 Å². The molecule has 1 unspecified atom stereocenters. The highest BCUT2D eigenvalue weighted by Gasteiger charge is 2.33. The van der Waals surface area contributed by atoms with Crippen molar-refractivity contribution >= 4 is 6.34 Å². The lowest BCUT2D eigenvalue weighted by molar-refractivity contribution is -0.137. The molecule has 1 aliphatic rings. The highest BCUT2D eigenvalue weighted by Crippen LogP contribution is 2.24. The quantitative estimate of drug-likeness (QED) is 0.573. The van der Waals surface area contributed by atoms with Crippen LogP contribution in [0.5, 0.6) is 0 Å². The average molecular weight is 166 g/mol. The maximum absolute atomic E-state index is 11.7. The Morgan fingerprint density at radius 3 is 2.64 bits per heavy atom. The maximum Gasteiger partial charge on any atom is 0.391 e. The van der Waals surface area contributed by atoms with Crippen molar-refractivity contribution in [1.82, 2.24) is 4.90 Å². The van der Waals surface area contributed by atoms with E-state index in [0.29, 0.717) is 6.54 Å². The summed E-state index contributed by atoms with van der Waals surface area (Å²) >= 11 is 0. The van der Waals surface area contributed by atoms with Crippen molar-refractivity contribution in [3.63, 3.8) is 0 Å². The van der Waals surface area contributed by atoms with Crippen LogP contribution in [0.2, 0.25) is 0 Å². The molecule has 0 fully saturated rings. The van der Waals surface area contributed by atoms with Crippen molar-refractivity contribution < 1.29 is 13.2 Å². The zero-order chi connectivity index (χ0) is 8.48. The molecule has 0 aromatic carbocycles. The van der Waals surface area contributed by atoms with Crippen LogP contribution in [-0.2, 0) is 0 Å². The lowest BCUT2D eigenvalue weighted by Gasteiger charge is -2.11. The standard InChI is InChI=1S/C6H9F3N2/c1-11-3-5(10-4-11)2-6(7,8)9/h4-5H,2-3H2,1H3. The van der Waals surface area contributed by atoms with Gasteiger partial charge in [-0.05, 0) is 0 Å². The van der Waals surface area contributed by atoms with Gasteiger partial charge in [0, 0.05) is 13.6 Å². The molecule has 0 aromatic heterocycles. The van der Waals surface area contributed by atoms with Gasteiger partial charge in [0.15, 0.2) is 0 Å². The molecular weight excluding hydrogens is 157 g/mol. The Morgan fingerprint density at radius 2 is 2.27 bits per heavy atom. The maximum atomic E-state index is 11.7. The number of hydrogen-bond donors (Lipinski definition) is 0. The number of halogens is 3. The molecule has 0 amide bonds. The van der Waals surface area contributed by atoms with E-state index in [0.717, 1.165) is 0 Å². The van der Waals surface area contributed by atoms with Crippen LogP contribution in [0.4, 0.5) is 13.2 Å². The molecule has 2 nitrogen and oxygen atoms in total. The minimum atomic E-state index is -4.09. The first-order valence-corrected chi connectivity index (χ1v) is 3.28. The van der Waals surface area contributed by atoms with E-state index in [4.69, 9.17) is 0 Å². The molecule has 1 aliphatic heterocycles. The van der Waals surface area contributed by atoms with E-state index in [-0.39, 0.29) is 0 Å². The summed E-state index contributed by atoms with van der Waals surface area (Å²) in [6, 6.07) is -0.597. The highest BCUT2D eigenvalue weighted by atomic mass is 19.4. The molecule has 5 heteroatoms. The summed E-state index contributed by atoms with van der Waals surface area (Å²) in [4.78, 5) is 5.33. The van der Waals surface area contributed by atoms with Gasteiger partial charge in [-0.25, -0.2) is 0 Å². The lowest BCUT2D eigenvalue weighted by atomic mass is 10.2. The third-order valence-corrected chi connectivity index (χ3v) is 1.44. The van der Waals surface area contributed by atoms with Gasteiger partial charge in [-0.2, -0.15) is 13.2 Å². The van der Waals surface area contributed by atoms with Crippen molar-refractivity contribution in [2.45, 2.75) is 18.6 Å². The van der Waals surface area contributed by atoms with Gasteiger partial charge in [-0.15, -0.1) is 0 Å². The monoisotopic (exact) mass is 166 g/mol. The van der Waals surface area contributed by atoms with Crippen LogP contribution in [0, 0.1) is 0 Å². The predicted molar refractivity (Wildman–Crippen MR) is 35.6 cm³/mol. The first-order chi connectivity index (χ1) is 4.97. The summed E-state index contributed by atoms with van der Waals surface area (Å²) in [6.45, 7) is 0.375. The summed E-state index contributed by atoms with van der Waals surface area (Å²) in [5, 5.41) is 0. The minimum absolute atomic E-state index is 0.375. The second kappa shape index (κ2) is 2.71. The second-order valence-electron chi connectivity index (χ2n) is 2.68. The molecule has 0 aromatic rings. The number of likely N-dealkylation sites (N-methyl/N-ethyl adjacent to an activating group) is 1. The molecular formula is C6H9F3N2. The molecule has 0 N–H and O–H groups in total. The van der Waals surface area contributed by atoms with Crippen LogP contribution in [-0.4, -0.2) is 37.0 Å². The largest absolute Gasteiger partial charge is 0.391 e. The summed E-state index contributed by atoms with van der Waals surface area (Å²) < 4.78 is 35.2. The number of rotatable bonds is 1. The van der Waals surface area contributed by atoms with Gasteiger partial charge in [0.05, 0.1) is 18.8 Å². The topological polar surface area (TPSA) is 15.6 Å². The van der Waals surface area contributed by atoms with Crippen molar-refractivity contribution in [1.29, 1.82) is 0 Å². The van der Waals surface area contributed by atoms with Crippen molar-refractivity contribution in [3.8, 4) is 0 Å². The fraction of sp³-hybridized carbons (Fsp3) is 0.833.